The van der Waals surface area contributed by atoms with Crippen LogP contribution < -0.4 is 5.32 Å². The summed E-state index contributed by atoms with van der Waals surface area (Å²) in [5.74, 6) is -2.53. The monoisotopic (exact) mass is 370 g/mol. The number of hydrogen-bond donors (Lipinski definition) is 1. The van der Waals surface area contributed by atoms with Gasteiger partial charge < -0.3 is 9.47 Å². The molecule has 0 saturated heterocycles. The highest BCUT2D eigenvalue weighted by Crippen LogP contribution is 2.35. The van der Waals surface area contributed by atoms with Gasteiger partial charge in [-0.1, -0.05) is 17.4 Å². The highest BCUT2D eigenvalue weighted by atomic mass is 32.1. The molecule has 6 nitrogen and oxygen atoms in total. The van der Waals surface area contributed by atoms with Crippen molar-refractivity contribution >= 4 is 28.4 Å². The van der Waals surface area contributed by atoms with Crippen molar-refractivity contribution in [3.8, 4) is 10.6 Å². The quantitative estimate of drug-likeness (QED) is 0.819. The Balaban J connectivity index is 2.44. The predicted molar refractivity (Wildman–Crippen MR) is 88.7 cm³/mol. The molecule has 1 aromatic carbocycles. The van der Waals surface area contributed by atoms with Gasteiger partial charge in [-0.2, -0.15) is 0 Å². The fraction of sp³-hybridized carbons (Fsp3) is 0.312. The molecule has 9 heteroatoms. The lowest BCUT2D eigenvalue weighted by molar-refractivity contribution is 0.0596. The largest absolute Gasteiger partial charge is 0.464 e. The van der Waals surface area contributed by atoms with Crippen LogP contribution in [0.25, 0.3) is 10.6 Å². The number of anilines is 1. The van der Waals surface area contributed by atoms with Gasteiger partial charge in [-0.3, -0.25) is 5.32 Å². The molecule has 1 aromatic heterocycles. The highest BCUT2D eigenvalue weighted by Gasteiger charge is 2.25. The van der Waals surface area contributed by atoms with Crippen molar-refractivity contribution in [2.45, 2.75) is 26.4 Å². The Labute approximate surface area is 146 Å². The minimum absolute atomic E-state index is 0.0289. The maximum absolute atomic E-state index is 13.9. The normalized spacial score (nSPS) is 11.1. The Bertz CT molecular complexity index is 795. The first-order valence-electron chi connectivity index (χ1n) is 7.16. The van der Waals surface area contributed by atoms with Gasteiger partial charge in [-0.15, -0.1) is 0 Å². The summed E-state index contributed by atoms with van der Waals surface area (Å²) >= 11 is 0.735. The van der Waals surface area contributed by atoms with Crippen LogP contribution >= 0.6 is 11.3 Å². The number of amides is 1. The highest BCUT2D eigenvalue weighted by molar-refractivity contribution is 7.19. The van der Waals surface area contributed by atoms with Crippen molar-refractivity contribution in [3.63, 3.8) is 0 Å². The van der Waals surface area contributed by atoms with Crippen molar-refractivity contribution in [1.82, 2.24) is 4.98 Å². The van der Waals surface area contributed by atoms with Gasteiger partial charge in [0, 0.05) is 0 Å². The van der Waals surface area contributed by atoms with E-state index in [4.69, 9.17) is 4.74 Å². The van der Waals surface area contributed by atoms with Crippen LogP contribution in [-0.4, -0.2) is 29.8 Å². The van der Waals surface area contributed by atoms with Gasteiger partial charge in [0.05, 0.1) is 12.7 Å². The van der Waals surface area contributed by atoms with Crippen LogP contribution in [0.15, 0.2) is 18.2 Å². The number of thiazole rings is 1. The molecule has 0 aliphatic carbocycles. The van der Waals surface area contributed by atoms with Crippen LogP contribution in [0.1, 0.15) is 31.3 Å². The van der Waals surface area contributed by atoms with E-state index in [0.29, 0.717) is 0 Å². The van der Waals surface area contributed by atoms with Gasteiger partial charge in [0.15, 0.2) is 5.69 Å². The lowest BCUT2D eigenvalue weighted by Gasteiger charge is -2.19. The molecular weight excluding hydrogens is 354 g/mol. The molecule has 2 aromatic rings. The zero-order valence-corrected chi connectivity index (χ0v) is 14.8. The molecule has 1 N–H and O–H groups in total. The van der Waals surface area contributed by atoms with Crippen LogP contribution in [-0.2, 0) is 9.47 Å². The topological polar surface area (TPSA) is 77.5 Å². The maximum Gasteiger partial charge on any atom is 0.412 e. The van der Waals surface area contributed by atoms with E-state index < -0.39 is 34.9 Å². The molecule has 0 aliphatic rings. The number of methoxy groups -OCH3 is 1. The van der Waals surface area contributed by atoms with Crippen LogP contribution in [0.5, 0.6) is 0 Å². The maximum atomic E-state index is 13.9. The minimum Gasteiger partial charge on any atom is -0.464 e. The van der Waals surface area contributed by atoms with Crippen LogP contribution in [0, 0.1) is 11.6 Å². The van der Waals surface area contributed by atoms with Crippen molar-refractivity contribution in [1.29, 1.82) is 0 Å². The van der Waals surface area contributed by atoms with Crippen LogP contribution in [0.4, 0.5) is 18.6 Å². The lowest BCUT2D eigenvalue weighted by atomic mass is 10.2. The Hall–Kier alpha value is -2.55. The molecule has 0 saturated carbocycles. The number of hydrogen-bond acceptors (Lipinski definition) is 6. The fourth-order valence-corrected chi connectivity index (χ4v) is 2.83. The van der Waals surface area contributed by atoms with Crippen LogP contribution in [0.2, 0.25) is 0 Å². The number of ether oxygens (including phenoxy) is 2. The average molecular weight is 370 g/mol. The fourth-order valence-electron chi connectivity index (χ4n) is 1.85. The molecule has 1 heterocycles. The van der Waals surface area contributed by atoms with Crippen molar-refractivity contribution in [2.24, 2.45) is 0 Å². The first kappa shape index (κ1) is 18.8. The minimum atomic E-state index is -0.856. The van der Waals surface area contributed by atoms with E-state index in [2.05, 4.69) is 15.0 Å². The Morgan fingerprint density at radius 2 is 1.80 bits per heavy atom. The van der Waals surface area contributed by atoms with Gasteiger partial charge in [0.25, 0.3) is 0 Å². The van der Waals surface area contributed by atoms with E-state index in [1.807, 2.05) is 0 Å². The lowest BCUT2D eigenvalue weighted by Crippen LogP contribution is -2.27. The number of aromatic nitrogens is 1. The third kappa shape index (κ3) is 4.50. The second kappa shape index (κ2) is 7.14. The van der Waals surface area contributed by atoms with Gasteiger partial charge in [0.2, 0.25) is 0 Å². The molecule has 0 bridgehead atoms. The van der Waals surface area contributed by atoms with Crippen LogP contribution in [0.3, 0.4) is 0 Å². The molecule has 0 unspecified atom stereocenters. The van der Waals surface area contributed by atoms with E-state index in [9.17, 15) is 18.4 Å². The molecule has 25 heavy (non-hydrogen) atoms. The van der Waals surface area contributed by atoms with Gasteiger partial charge in [-0.05, 0) is 32.9 Å². The standard InChI is InChI=1S/C16H16F2N2O4S/c1-16(2,3)24-15(22)20-13-11(14(21)23-4)19-12(25-13)10-8(17)6-5-7-9(10)18/h5-7H,1-4H3,(H,20,22). The first-order valence-corrected chi connectivity index (χ1v) is 7.97. The number of carbonyl (C=O) groups excluding carboxylic acids is 2. The van der Waals surface area contributed by atoms with E-state index >= 15 is 0 Å². The number of rotatable bonds is 3. The van der Waals surface area contributed by atoms with Crippen molar-refractivity contribution in [2.75, 3.05) is 12.4 Å². The summed E-state index contributed by atoms with van der Waals surface area (Å²) in [7, 11) is 1.13. The zero-order chi connectivity index (χ0) is 18.8. The number of nitrogens with zero attached hydrogens (tertiary/aromatic N) is 1. The molecular formula is C16H16F2N2O4S. The molecule has 0 atom stereocenters. The molecule has 0 radical (unpaired) electrons. The van der Waals surface area contributed by atoms with E-state index in [0.717, 1.165) is 30.6 Å². The summed E-state index contributed by atoms with van der Waals surface area (Å²) in [6, 6.07) is 3.35. The molecule has 1 amide bonds. The third-order valence-electron chi connectivity index (χ3n) is 2.80. The number of nitrogens with one attached hydrogen (secondary N) is 1. The number of halogens is 2. The Morgan fingerprint density at radius 1 is 1.20 bits per heavy atom. The molecule has 0 spiro atoms. The first-order chi connectivity index (χ1) is 11.6. The number of benzene rings is 1. The summed E-state index contributed by atoms with van der Waals surface area (Å²) in [6.45, 7) is 5.00. The van der Waals surface area contributed by atoms with Gasteiger partial charge in [-0.25, -0.2) is 23.4 Å². The summed E-state index contributed by atoms with van der Waals surface area (Å²) in [6.07, 6.45) is -0.832. The second-order valence-electron chi connectivity index (χ2n) is 5.91. The summed E-state index contributed by atoms with van der Waals surface area (Å²) in [4.78, 5) is 27.7. The summed E-state index contributed by atoms with van der Waals surface area (Å²) < 4.78 is 37.6. The molecule has 2 rings (SSSR count). The van der Waals surface area contributed by atoms with Gasteiger partial charge >= 0.3 is 12.1 Å². The molecule has 134 valence electrons. The van der Waals surface area contributed by atoms with Crippen molar-refractivity contribution in [3.05, 3.63) is 35.5 Å². The summed E-state index contributed by atoms with van der Waals surface area (Å²) in [5, 5.41) is 2.22. The smallest absolute Gasteiger partial charge is 0.412 e. The molecule has 0 fully saturated rings. The second-order valence-corrected chi connectivity index (χ2v) is 6.91. The van der Waals surface area contributed by atoms with E-state index in [1.54, 1.807) is 20.8 Å². The Morgan fingerprint density at radius 3 is 2.32 bits per heavy atom. The third-order valence-corrected chi connectivity index (χ3v) is 3.79. The Kier molecular flexibility index (Phi) is 5.36. The van der Waals surface area contributed by atoms with Crippen molar-refractivity contribution < 1.29 is 27.8 Å². The average Bonchev–Trinajstić information content (AvgIpc) is 2.87. The number of carbonyl (C=O) groups is 2. The van der Waals surface area contributed by atoms with E-state index in [1.165, 1.54) is 6.07 Å². The SMILES string of the molecule is COC(=O)c1nc(-c2c(F)cccc2F)sc1NC(=O)OC(C)(C)C. The predicted octanol–water partition coefficient (Wildman–Crippen LogP) is 4.22. The van der Waals surface area contributed by atoms with Gasteiger partial charge in [0.1, 0.15) is 27.2 Å². The van der Waals surface area contributed by atoms with E-state index in [-0.39, 0.29) is 15.7 Å². The zero-order valence-electron chi connectivity index (χ0n) is 14.0. The number of esters is 1. The summed E-state index contributed by atoms with van der Waals surface area (Å²) in [5.41, 5.74) is -1.42. The molecule has 0 aliphatic heterocycles.